The molecule has 2 aromatic carbocycles. The molecule has 20 heavy (non-hydrogen) atoms. The molecule has 0 fully saturated rings. The van der Waals surface area contributed by atoms with Gasteiger partial charge in [-0.25, -0.2) is 0 Å². The lowest BCUT2D eigenvalue weighted by Gasteiger charge is -2.06. The lowest BCUT2D eigenvalue weighted by atomic mass is 10.2. The number of aromatic nitrogens is 1. The number of nitrogens with one attached hydrogen (secondary N) is 1. The quantitative estimate of drug-likeness (QED) is 0.653. The average molecular weight is 348 g/mol. The lowest BCUT2D eigenvalue weighted by molar-refractivity contribution is 0.414. The van der Waals surface area contributed by atoms with Crippen molar-refractivity contribution < 1.29 is 4.74 Å². The summed E-state index contributed by atoms with van der Waals surface area (Å²) in [5.41, 5.74) is 2.41. The SMILES string of the molecule is COc1ccc(Br)c(CSc2cc3ccccc3[nH]2)c1. The molecule has 102 valence electrons. The minimum Gasteiger partial charge on any atom is -0.497 e. The molecule has 0 radical (unpaired) electrons. The maximum absolute atomic E-state index is 5.27. The van der Waals surface area contributed by atoms with Crippen LogP contribution >= 0.6 is 27.7 Å². The van der Waals surface area contributed by atoms with E-state index in [-0.39, 0.29) is 0 Å². The summed E-state index contributed by atoms with van der Waals surface area (Å²) in [6, 6.07) is 16.6. The highest BCUT2D eigenvalue weighted by atomic mass is 79.9. The largest absolute Gasteiger partial charge is 0.497 e. The summed E-state index contributed by atoms with van der Waals surface area (Å²) < 4.78 is 6.38. The Labute approximate surface area is 130 Å². The van der Waals surface area contributed by atoms with Gasteiger partial charge in [-0.3, -0.25) is 0 Å². The molecule has 2 nitrogen and oxygen atoms in total. The topological polar surface area (TPSA) is 25.0 Å². The normalized spacial score (nSPS) is 10.9. The molecule has 1 N–H and O–H groups in total. The number of para-hydroxylation sites is 1. The summed E-state index contributed by atoms with van der Waals surface area (Å²) >= 11 is 5.38. The monoisotopic (exact) mass is 347 g/mol. The highest BCUT2D eigenvalue weighted by Crippen LogP contribution is 2.30. The fourth-order valence-corrected chi connectivity index (χ4v) is 3.58. The van der Waals surface area contributed by atoms with E-state index in [1.165, 1.54) is 21.5 Å². The zero-order chi connectivity index (χ0) is 13.9. The van der Waals surface area contributed by atoms with Gasteiger partial charge in [-0.15, -0.1) is 11.8 Å². The molecule has 0 aliphatic carbocycles. The highest BCUT2D eigenvalue weighted by Gasteiger charge is 2.05. The minimum atomic E-state index is 0.889. The van der Waals surface area contributed by atoms with E-state index in [0.29, 0.717) is 0 Å². The van der Waals surface area contributed by atoms with Gasteiger partial charge in [0.05, 0.1) is 12.1 Å². The van der Waals surface area contributed by atoms with Gasteiger partial charge in [0.2, 0.25) is 0 Å². The summed E-state index contributed by atoms with van der Waals surface area (Å²) in [5.74, 6) is 1.78. The Morgan fingerprint density at radius 3 is 2.80 bits per heavy atom. The first-order chi connectivity index (χ1) is 9.76. The number of hydrogen-bond donors (Lipinski definition) is 1. The number of H-pyrrole nitrogens is 1. The molecule has 0 unspecified atom stereocenters. The molecule has 0 spiro atoms. The Bertz CT molecular complexity index is 705. The molecule has 0 saturated carbocycles. The van der Waals surface area contributed by atoms with Crippen LogP contribution in [-0.2, 0) is 5.75 Å². The summed E-state index contributed by atoms with van der Waals surface area (Å²) in [6.45, 7) is 0. The molecule has 1 heterocycles. The second kappa shape index (κ2) is 5.94. The fraction of sp³-hybridized carbons (Fsp3) is 0.125. The third-order valence-electron chi connectivity index (χ3n) is 3.14. The van der Waals surface area contributed by atoms with E-state index in [9.17, 15) is 0 Å². The van der Waals surface area contributed by atoms with E-state index < -0.39 is 0 Å². The zero-order valence-corrected chi connectivity index (χ0v) is 13.4. The van der Waals surface area contributed by atoms with Gasteiger partial charge in [0.1, 0.15) is 5.75 Å². The molecule has 0 amide bonds. The number of hydrogen-bond acceptors (Lipinski definition) is 2. The van der Waals surface area contributed by atoms with E-state index in [1.807, 2.05) is 18.2 Å². The average Bonchev–Trinajstić information content (AvgIpc) is 2.89. The third-order valence-corrected chi connectivity index (χ3v) is 4.90. The van der Waals surface area contributed by atoms with Crippen molar-refractivity contribution in [3.8, 4) is 5.75 Å². The number of rotatable bonds is 4. The Morgan fingerprint density at radius 2 is 2.00 bits per heavy atom. The molecule has 0 saturated heterocycles. The molecule has 0 atom stereocenters. The fourth-order valence-electron chi connectivity index (χ4n) is 2.07. The van der Waals surface area contributed by atoms with Crippen molar-refractivity contribution in [3.05, 3.63) is 58.6 Å². The number of methoxy groups -OCH3 is 1. The van der Waals surface area contributed by atoms with E-state index in [4.69, 9.17) is 4.74 Å². The Hall–Kier alpha value is -1.39. The minimum absolute atomic E-state index is 0.889. The van der Waals surface area contributed by atoms with Crippen molar-refractivity contribution in [1.82, 2.24) is 4.98 Å². The van der Waals surface area contributed by atoms with E-state index >= 15 is 0 Å². The van der Waals surface area contributed by atoms with Crippen LogP contribution in [0.5, 0.6) is 5.75 Å². The highest BCUT2D eigenvalue weighted by molar-refractivity contribution is 9.10. The summed E-state index contributed by atoms with van der Waals surface area (Å²) in [7, 11) is 1.69. The van der Waals surface area contributed by atoms with Gasteiger partial charge < -0.3 is 9.72 Å². The first kappa shape index (κ1) is 13.6. The molecular formula is C16H14BrNOS. The molecule has 0 aliphatic heterocycles. The number of fused-ring (bicyclic) bond motifs is 1. The van der Waals surface area contributed by atoms with Crippen LogP contribution in [0.1, 0.15) is 5.56 Å². The van der Waals surface area contributed by atoms with Crippen molar-refractivity contribution in [1.29, 1.82) is 0 Å². The molecule has 0 bridgehead atoms. The van der Waals surface area contributed by atoms with Crippen molar-refractivity contribution in [2.75, 3.05) is 7.11 Å². The maximum Gasteiger partial charge on any atom is 0.119 e. The van der Waals surface area contributed by atoms with E-state index in [0.717, 1.165) is 16.0 Å². The van der Waals surface area contributed by atoms with Crippen LogP contribution in [-0.4, -0.2) is 12.1 Å². The molecular weight excluding hydrogens is 334 g/mol. The van der Waals surface area contributed by atoms with Crippen molar-refractivity contribution >= 4 is 38.6 Å². The number of ether oxygens (including phenoxy) is 1. The molecule has 3 aromatic rings. The molecule has 1 aromatic heterocycles. The number of halogens is 1. The summed E-state index contributed by atoms with van der Waals surface area (Å²) in [6.07, 6.45) is 0. The number of aromatic amines is 1. The molecule has 4 heteroatoms. The first-order valence-electron chi connectivity index (χ1n) is 6.29. The Kier molecular flexibility index (Phi) is 4.03. The van der Waals surface area contributed by atoms with Gasteiger partial charge >= 0.3 is 0 Å². The van der Waals surface area contributed by atoms with Crippen LogP contribution < -0.4 is 4.74 Å². The number of benzene rings is 2. The second-order valence-corrected chi connectivity index (χ2v) is 6.34. The maximum atomic E-state index is 5.27. The van der Waals surface area contributed by atoms with Crippen molar-refractivity contribution in [3.63, 3.8) is 0 Å². The lowest BCUT2D eigenvalue weighted by Crippen LogP contribution is -1.87. The van der Waals surface area contributed by atoms with Crippen LogP contribution in [0.15, 0.2) is 58.0 Å². The predicted octanol–water partition coefficient (Wildman–Crippen LogP) is 5.23. The van der Waals surface area contributed by atoms with Gasteiger partial charge in [0.15, 0.2) is 0 Å². The van der Waals surface area contributed by atoms with Crippen LogP contribution in [0, 0.1) is 0 Å². The zero-order valence-electron chi connectivity index (χ0n) is 11.0. The van der Waals surface area contributed by atoms with Crippen LogP contribution in [0.2, 0.25) is 0 Å². The van der Waals surface area contributed by atoms with E-state index in [1.54, 1.807) is 18.9 Å². The first-order valence-corrected chi connectivity index (χ1v) is 8.07. The van der Waals surface area contributed by atoms with Crippen molar-refractivity contribution in [2.24, 2.45) is 0 Å². The third kappa shape index (κ3) is 2.86. The van der Waals surface area contributed by atoms with Gasteiger partial charge in [0.25, 0.3) is 0 Å². The second-order valence-electron chi connectivity index (χ2n) is 4.47. The Balaban J connectivity index is 1.79. The van der Waals surface area contributed by atoms with Crippen molar-refractivity contribution in [2.45, 2.75) is 10.8 Å². The van der Waals surface area contributed by atoms with Gasteiger partial charge in [0, 0.05) is 21.1 Å². The van der Waals surface area contributed by atoms with E-state index in [2.05, 4.69) is 51.2 Å². The molecule has 3 rings (SSSR count). The summed E-state index contributed by atoms with van der Waals surface area (Å²) in [5, 5.41) is 2.43. The molecule has 0 aliphatic rings. The van der Waals surface area contributed by atoms with Gasteiger partial charge in [-0.1, -0.05) is 34.1 Å². The number of thioether (sulfide) groups is 1. The van der Waals surface area contributed by atoms with Crippen LogP contribution in [0.25, 0.3) is 10.9 Å². The van der Waals surface area contributed by atoms with Crippen LogP contribution in [0.3, 0.4) is 0 Å². The Morgan fingerprint density at radius 1 is 1.15 bits per heavy atom. The smallest absolute Gasteiger partial charge is 0.119 e. The standard InChI is InChI=1S/C16H14BrNOS/c1-19-13-6-7-14(17)12(8-13)10-20-16-9-11-4-2-3-5-15(11)18-16/h2-9,18H,10H2,1H3. The predicted molar refractivity (Wildman–Crippen MR) is 88.6 cm³/mol. The van der Waals surface area contributed by atoms with Crippen LogP contribution in [0.4, 0.5) is 0 Å². The van der Waals surface area contributed by atoms with Gasteiger partial charge in [-0.2, -0.15) is 0 Å². The summed E-state index contributed by atoms with van der Waals surface area (Å²) in [4.78, 5) is 3.43. The van der Waals surface area contributed by atoms with Gasteiger partial charge in [-0.05, 0) is 35.9 Å².